The lowest BCUT2D eigenvalue weighted by Crippen LogP contribution is -2.26. The number of aromatic nitrogens is 1. The Morgan fingerprint density at radius 3 is 1.78 bits per heavy atom. The van der Waals surface area contributed by atoms with Crippen molar-refractivity contribution in [1.29, 1.82) is 0 Å². The number of nitrogens with zero attached hydrogens (tertiary/aromatic N) is 2. The molecule has 3 nitrogen and oxygen atoms in total. The van der Waals surface area contributed by atoms with Gasteiger partial charge in [0.25, 0.3) is 0 Å². The third-order valence-electron chi connectivity index (χ3n) is 14.0. The number of hydrogen-bond donors (Lipinski definition) is 0. The SMILES string of the molecule is c1ccc(-c2ccc3oc4ccc(N(c5ccccc5)c5ccc6c(c5)C5(c7ccccc7-6)c6ccccc6-c6c5ccc5c6c6ccccc6n5-c5ccccc5)cc4c3c2)cc1. The smallest absolute Gasteiger partial charge is 0.135 e. The van der Waals surface area contributed by atoms with Gasteiger partial charge >= 0.3 is 0 Å². The fourth-order valence-electron chi connectivity index (χ4n) is 11.4. The van der Waals surface area contributed by atoms with Crippen LogP contribution in [0.2, 0.25) is 0 Å². The van der Waals surface area contributed by atoms with Gasteiger partial charge in [0.05, 0.1) is 16.4 Å². The van der Waals surface area contributed by atoms with Gasteiger partial charge in [0.15, 0.2) is 0 Å². The second-order valence-electron chi connectivity index (χ2n) is 17.2. The van der Waals surface area contributed by atoms with Gasteiger partial charge in [0, 0.05) is 44.3 Å². The highest BCUT2D eigenvalue weighted by molar-refractivity contribution is 6.19. The monoisotopic (exact) mass is 814 g/mol. The molecule has 0 fully saturated rings. The first-order chi connectivity index (χ1) is 31.8. The standard InChI is InChI=1S/C61H38N2O/c1-4-16-39(17-5-1)40-28-34-57-49(36-40)50-37-43(30-35-58(50)64-57)62(41-18-6-2-7-19-41)44-29-31-46-45-22-10-13-25-51(45)61(54(46)38-44)52-26-14-11-23-47(52)59-53(61)32-33-56-60(59)48-24-12-15-27-55(48)63(56)42-20-8-3-9-21-42/h1-38H. The van der Waals surface area contributed by atoms with Crippen LogP contribution in [0.15, 0.2) is 235 Å². The topological polar surface area (TPSA) is 21.3 Å². The minimum absolute atomic E-state index is 0.543. The maximum Gasteiger partial charge on any atom is 0.135 e. The highest BCUT2D eigenvalue weighted by Gasteiger charge is 2.52. The first-order valence-electron chi connectivity index (χ1n) is 22.1. The minimum Gasteiger partial charge on any atom is -0.456 e. The quantitative estimate of drug-likeness (QED) is 0.173. The van der Waals surface area contributed by atoms with Crippen LogP contribution in [-0.4, -0.2) is 4.57 Å². The molecule has 0 N–H and O–H groups in total. The molecule has 298 valence electrons. The van der Waals surface area contributed by atoms with Gasteiger partial charge in [-0.05, 0) is 134 Å². The molecule has 1 atom stereocenters. The van der Waals surface area contributed by atoms with Crippen LogP contribution in [0.1, 0.15) is 22.3 Å². The second-order valence-corrected chi connectivity index (χ2v) is 17.2. The average Bonchev–Trinajstić information content (AvgIpc) is 4.08. The summed E-state index contributed by atoms with van der Waals surface area (Å²) in [4.78, 5) is 2.41. The van der Waals surface area contributed by atoms with Crippen molar-refractivity contribution in [3.63, 3.8) is 0 Å². The maximum atomic E-state index is 6.48. The zero-order chi connectivity index (χ0) is 41.9. The average molecular weight is 815 g/mol. The van der Waals surface area contributed by atoms with E-state index >= 15 is 0 Å². The van der Waals surface area contributed by atoms with Gasteiger partial charge in [-0.1, -0.05) is 152 Å². The lowest BCUT2D eigenvalue weighted by molar-refractivity contribution is 0.669. The maximum absolute atomic E-state index is 6.48. The summed E-state index contributed by atoms with van der Waals surface area (Å²) in [6, 6.07) is 84.5. The number of anilines is 3. The molecule has 0 saturated heterocycles. The lowest BCUT2D eigenvalue weighted by atomic mass is 9.70. The summed E-state index contributed by atoms with van der Waals surface area (Å²) >= 11 is 0. The van der Waals surface area contributed by atoms with Gasteiger partial charge in [0.2, 0.25) is 0 Å². The molecule has 0 saturated carbocycles. The van der Waals surface area contributed by atoms with Gasteiger partial charge in [-0.15, -0.1) is 0 Å². The van der Waals surface area contributed by atoms with Crippen LogP contribution in [-0.2, 0) is 5.41 Å². The summed E-state index contributed by atoms with van der Waals surface area (Å²) in [6.07, 6.45) is 0. The van der Waals surface area contributed by atoms with Crippen LogP contribution >= 0.6 is 0 Å². The van der Waals surface area contributed by atoms with Crippen molar-refractivity contribution in [1.82, 2.24) is 4.57 Å². The predicted molar refractivity (Wildman–Crippen MR) is 264 cm³/mol. The van der Waals surface area contributed by atoms with Crippen molar-refractivity contribution in [2.24, 2.45) is 0 Å². The third-order valence-corrected chi connectivity index (χ3v) is 14.0. The number of hydrogen-bond acceptors (Lipinski definition) is 2. The fraction of sp³-hybridized carbons (Fsp3) is 0.0164. The number of fused-ring (bicyclic) bond motifs is 17. The first-order valence-corrected chi connectivity index (χ1v) is 22.1. The van der Waals surface area contributed by atoms with Crippen molar-refractivity contribution in [2.75, 3.05) is 4.90 Å². The lowest BCUT2D eigenvalue weighted by Gasteiger charge is -2.32. The van der Waals surface area contributed by atoms with Crippen LogP contribution in [0.4, 0.5) is 17.1 Å². The number of rotatable bonds is 5. The van der Waals surface area contributed by atoms with Crippen molar-refractivity contribution < 1.29 is 4.42 Å². The molecule has 64 heavy (non-hydrogen) atoms. The molecule has 0 radical (unpaired) electrons. The largest absolute Gasteiger partial charge is 0.456 e. The Bertz CT molecular complexity index is 3840. The molecule has 14 rings (SSSR count). The molecular weight excluding hydrogens is 777 g/mol. The number of furan rings is 1. The van der Waals surface area contributed by atoms with Crippen LogP contribution in [0, 0.1) is 0 Å². The molecule has 3 heteroatoms. The van der Waals surface area contributed by atoms with E-state index < -0.39 is 5.41 Å². The van der Waals surface area contributed by atoms with E-state index in [0.29, 0.717) is 0 Å². The normalized spacial score (nSPS) is 14.6. The van der Waals surface area contributed by atoms with Gasteiger partial charge in [-0.3, -0.25) is 0 Å². The summed E-state index contributed by atoms with van der Waals surface area (Å²) in [5.41, 5.74) is 20.9. The van der Waals surface area contributed by atoms with Crippen molar-refractivity contribution in [3.8, 4) is 39.1 Å². The molecule has 0 bridgehead atoms. The Morgan fingerprint density at radius 2 is 0.969 bits per heavy atom. The molecule has 0 aliphatic heterocycles. The Kier molecular flexibility index (Phi) is 7.32. The van der Waals surface area contributed by atoms with Gasteiger partial charge in [0.1, 0.15) is 11.2 Å². The highest BCUT2D eigenvalue weighted by Crippen LogP contribution is 2.65. The molecule has 0 amide bonds. The summed E-state index contributed by atoms with van der Waals surface area (Å²) in [7, 11) is 0. The Balaban J connectivity index is 1.03. The zero-order valence-electron chi connectivity index (χ0n) is 34.7. The van der Waals surface area contributed by atoms with Crippen molar-refractivity contribution in [2.45, 2.75) is 5.41 Å². The molecule has 12 aromatic rings. The van der Waals surface area contributed by atoms with Crippen LogP contribution in [0.3, 0.4) is 0 Å². The van der Waals surface area contributed by atoms with E-state index in [4.69, 9.17) is 4.42 Å². The summed E-state index contributed by atoms with van der Waals surface area (Å²) < 4.78 is 8.92. The Labute approximate surface area is 370 Å². The molecule has 2 aliphatic rings. The Morgan fingerprint density at radius 1 is 0.359 bits per heavy atom. The molecule has 1 unspecified atom stereocenters. The second kappa shape index (κ2) is 13.3. The summed E-state index contributed by atoms with van der Waals surface area (Å²) in [5, 5.41) is 4.76. The van der Waals surface area contributed by atoms with Crippen LogP contribution in [0.25, 0.3) is 82.8 Å². The molecule has 2 aromatic heterocycles. The molecule has 2 heterocycles. The van der Waals surface area contributed by atoms with E-state index in [1.807, 2.05) is 0 Å². The van der Waals surface area contributed by atoms with Crippen molar-refractivity contribution in [3.05, 3.63) is 253 Å². The third kappa shape index (κ3) is 4.76. The summed E-state index contributed by atoms with van der Waals surface area (Å²) in [5.74, 6) is 0. The van der Waals surface area contributed by atoms with E-state index in [-0.39, 0.29) is 0 Å². The van der Waals surface area contributed by atoms with Gasteiger partial charge in [-0.2, -0.15) is 0 Å². The number of benzene rings is 10. The Hall–Kier alpha value is -8.40. The fourth-order valence-corrected chi connectivity index (χ4v) is 11.4. The molecule has 10 aromatic carbocycles. The van der Waals surface area contributed by atoms with E-state index in [0.717, 1.165) is 44.7 Å². The minimum atomic E-state index is -0.543. The zero-order valence-corrected chi connectivity index (χ0v) is 34.7. The van der Waals surface area contributed by atoms with Crippen LogP contribution < -0.4 is 4.90 Å². The van der Waals surface area contributed by atoms with Gasteiger partial charge in [-0.25, -0.2) is 0 Å². The van der Waals surface area contributed by atoms with Gasteiger partial charge < -0.3 is 13.9 Å². The predicted octanol–water partition coefficient (Wildman–Crippen LogP) is 16.2. The first kappa shape index (κ1) is 35.2. The van der Waals surface area contributed by atoms with E-state index in [1.54, 1.807) is 0 Å². The van der Waals surface area contributed by atoms with E-state index in [1.165, 1.54) is 77.4 Å². The van der Waals surface area contributed by atoms with Crippen molar-refractivity contribution >= 4 is 60.8 Å². The van der Waals surface area contributed by atoms with E-state index in [2.05, 4.69) is 240 Å². The molecular formula is C61H38N2O. The van der Waals surface area contributed by atoms with Crippen LogP contribution in [0.5, 0.6) is 0 Å². The highest BCUT2D eigenvalue weighted by atomic mass is 16.3. The molecule has 2 aliphatic carbocycles. The molecule has 1 spiro atoms. The number of para-hydroxylation sites is 3. The van der Waals surface area contributed by atoms with E-state index in [9.17, 15) is 0 Å². The summed E-state index contributed by atoms with van der Waals surface area (Å²) in [6.45, 7) is 0.